The maximum Gasteiger partial charge on any atom is 0.342 e. The molecule has 0 saturated carbocycles. The number of nitrogens with zero attached hydrogens (tertiary/aromatic N) is 2. The van der Waals surface area contributed by atoms with E-state index in [0.717, 1.165) is 10.3 Å². The van der Waals surface area contributed by atoms with Gasteiger partial charge in [0, 0.05) is 10.3 Å². The van der Waals surface area contributed by atoms with Crippen molar-refractivity contribution in [3.05, 3.63) is 53.9 Å². The molecule has 7 heteroatoms. The predicted molar refractivity (Wildman–Crippen MR) is 97.8 cm³/mol. The molecule has 3 rings (SSSR count). The average molecular weight is 355 g/mol. The number of ether oxygens (including phenoxy) is 2. The molecular formula is C18H17N3O3S. The lowest BCUT2D eigenvalue weighted by atomic mass is 10.2. The van der Waals surface area contributed by atoms with Gasteiger partial charge in [-0.05, 0) is 36.6 Å². The molecule has 0 saturated heterocycles. The summed E-state index contributed by atoms with van der Waals surface area (Å²) in [5.41, 5.74) is 7.00. The third-order valence-corrected chi connectivity index (χ3v) is 4.37. The zero-order chi connectivity index (χ0) is 17.8. The molecule has 0 bridgehead atoms. The van der Waals surface area contributed by atoms with Gasteiger partial charge in [0.1, 0.15) is 17.1 Å². The summed E-state index contributed by atoms with van der Waals surface area (Å²) in [5.74, 6) is 0.679. The fraction of sp³-hybridized carbons (Fsp3) is 0.167. The Hall–Kier alpha value is -2.80. The number of hydrogen-bond acceptors (Lipinski definition) is 7. The Morgan fingerprint density at radius 3 is 2.76 bits per heavy atom. The number of hydrogen-bond donors (Lipinski definition) is 1. The number of anilines is 1. The summed E-state index contributed by atoms with van der Waals surface area (Å²) >= 11 is 1.57. The molecule has 25 heavy (non-hydrogen) atoms. The number of nitrogens with two attached hydrogens (primary N) is 1. The van der Waals surface area contributed by atoms with Crippen molar-refractivity contribution in [3.8, 4) is 5.75 Å². The van der Waals surface area contributed by atoms with E-state index in [4.69, 9.17) is 15.2 Å². The zero-order valence-electron chi connectivity index (χ0n) is 13.9. The molecule has 0 fully saturated rings. The van der Waals surface area contributed by atoms with Crippen molar-refractivity contribution in [1.29, 1.82) is 0 Å². The molecule has 3 aromatic rings. The Morgan fingerprint density at radius 2 is 2.00 bits per heavy atom. The highest BCUT2D eigenvalue weighted by atomic mass is 32.2. The molecule has 2 aromatic carbocycles. The molecule has 0 atom stereocenters. The normalized spacial score (nSPS) is 10.6. The molecule has 0 amide bonds. The van der Waals surface area contributed by atoms with Crippen molar-refractivity contribution in [1.82, 2.24) is 9.97 Å². The molecule has 0 aliphatic carbocycles. The smallest absolute Gasteiger partial charge is 0.342 e. The van der Waals surface area contributed by atoms with E-state index < -0.39 is 5.97 Å². The van der Waals surface area contributed by atoms with Crippen LogP contribution in [0.5, 0.6) is 5.75 Å². The van der Waals surface area contributed by atoms with Crippen molar-refractivity contribution in [3.63, 3.8) is 0 Å². The van der Waals surface area contributed by atoms with Gasteiger partial charge in [0.05, 0.1) is 12.6 Å². The largest absolute Gasteiger partial charge is 0.496 e. The summed E-state index contributed by atoms with van der Waals surface area (Å²) in [7, 11) is 1.52. The van der Waals surface area contributed by atoms with Crippen LogP contribution in [0.15, 0.2) is 47.4 Å². The van der Waals surface area contributed by atoms with Crippen LogP contribution in [0.4, 0.5) is 5.82 Å². The molecule has 128 valence electrons. The van der Waals surface area contributed by atoms with Crippen molar-refractivity contribution in [2.24, 2.45) is 0 Å². The summed E-state index contributed by atoms with van der Waals surface area (Å²) in [5, 5.41) is 0.770. The highest BCUT2D eigenvalue weighted by Gasteiger charge is 2.15. The first-order valence-electron chi connectivity index (χ1n) is 7.52. The minimum absolute atomic E-state index is 0.0682. The molecule has 0 radical (unpaired) electrons. The number of esters is 1. The second-order valence-corrected chi connectivity index (χ2v) is 6.06. The van der Waals surface area contributed by atoms with E-state index in [0.29, 0.717) is 28.5 Å². The van der Waals surface area contributed by atoms with Crippen LogP contribution in [0, 0.1) is 0 Å². The Balaban J connectivity index is 1.79. The van der Waals surface area contributed by atoms with Gasteiger partial charge in [0.2, 0.25) is 0 Å². The number of rotatable bonds is 5. The average Bonchev–Trinajstić information content (AvgIpc) is 2.65. The van der Waals surface area contributed by atoms with Gasteiger partial charge in [-0.1, -0.05) is 12.1 Å². The molecule has 1 heterocycles. The van der Waals surface area contributed by atoms with E-state index in [9.17, 15) is 4.79 Å². The third-order valence-electron chi connectivity index (χ3n) is 3.64. The number of para-hydroxylation sites is 1. The first kappa shape index (κ1) is 17.0. The highest BCUT2D eigenvalue weighted by molar-refractivity contribution is 7.98. The van der Waals surface area contributed by atoms with Crippen LogP contribution in [0.25, 0.3) is 10.9 Å². The number of methoxy groups -OCH3 is 1. The molecular weight excluding hydrogens is 338 g/mol. The number of fused-ring (bicyclic) bond motifs is 1. The van der Waals surface area contributed by atoms with Crippen molar-refractivity contribution >= 4 is 34.5 Å². The van der Waals surface area contributed by atoms with E-state index in [1.165, 1.54) is 7.11 Å². The SMILES string of the molecule is COc1cc(SC)ccc1C(=O)OCc1nc(N)c2ccccc2n1. The lowest BCUT2D eigenvalue weighted by Crippen LogP contribution is -2.10. The van der Waals surface area contributed by atoms with Crippen LogP contribution in [-0.2, 0) is 11.3 Å². The van der Waals surface area contributed by atoms with Crippen LogP contribution in [0.2, 0.25) is 0 Å². The zero-order valence-corrected chi connectivity index (χ0v) is 14.7. The molecule has 0 spiro atoms. The maximum atomic E-state index is 12.4. The van der Waals surface area contributed by atoms with Gasteiger partial charge in [0.25, 0.3) is 0 Å². The first-order valence-corrected chi connectivity index (χ1v) is 8.75. The minimum Gasteiger partial charge on any atom is -0.496 e. The predicted octanol–water partition coefficient (Wildman–Crippen LogP) is 3.30. The number of aromatic nitrogens is 2. The van der Waals surface area contributed by atoms with Crippen LogP contribution in [0.1, 0.15) is 16.2 Å². The van der Waals surface area contributed by atoms with Gasteiger partial charge in [-0.2, -0.15) is 0 Å². The number of benzene rings is 2. The Kier molecular flexibility index (Phi) is 5.04. The third kappa shape index (κ3) is 3.66. The maximum absolute atomic E-state index is 12.4. The van der Waals surface area contributed by atoms with Gasteiger partial charge in [-0.25, -0.2) is 14.8 Å². The molecule has 6 nitrogen and oxygen atoms in total. The molecule has 1 aromatic heterocycles. The quantitative estimate of drug-likeness (QED) is 0.555. The standard InChI is InChI=1S/C18H17N3O3S/c1-23-15-9-11(25-2)7-8-13(15)18(22)24-10-16-20-14-6-4-3-5-12(14)17(19)21-16/h3-9H,10H2,1-2H3,(H2,19,20,21). The summed E-state index contributed by atoms with van der Waals surface area (Å²) in [6.07, 6.45) is 1.95. The lowest BCUT2D eigenvalue weighted by Gasteiger charge is -2.10. The van der Waals surface area contributed by atoms with E-state index in [1.807, 2.05) is 36.6 Å². The number of carbonyl (C=O) groups is 1. The fourth-order valence-corrected chi connectivity index (χ4v) is 2.82. The fourth-order valence-electron chi connectivity index (χ4n) is 2.39. The topological polar surface area (TPSA) is 87.3 Å². The molecule has 2 N–H and O–H groups in total. The summed E-state index contributed by atoms with van der Waals surface area (Å²) in [6, 6.07) is 12.7. The lowest BCUT2D eigenvalue weighted by molar-refractivity contribution is 0.0459. The van der Waals surface area contributed by atoms with Gasteiger partial charge >= 0.3 is 5.97 Å². The first-order chi connectivity index (χ1) is 12.1. The van der Waals surface area contributed by atoms with Gasteiger partial charge in [0.15, 0.2) is 12.4 Å². The second kappa shape index (κ2) is 7.40. The van der Waals surface area contributed by atoms with E-state index >= 15 is 0 Å². The number of carbonyl (C=O) groups excluding carboxylic acids is 1. The monoisotopic (exact) mass is 355 g/mol. The molecule has 0 aliphatic heterocycles. The van der Waals surface area contributed by atoms with Crippen LogP contribution in [0.3, 0.4) is 0 Å². The van der Waals surface area contributed by atoms with Gasteiger partial charge in [-0.3, -0.25) is 0 Å². The summed E-state index contributed by atoms with van der Waals surface area (Å²) in [4.78, 5) is 21.9. The Labute approximate surface area is 149 Å². The van der Waals surface area contributed by atoms with Crippen LogP contribution in [-0.4, -0.2) is 29.3 Å². The minimum atomic E-state index is -0.500. The van der Waals surface area contributed by atoms with Crippen molar-refractivity contribution < 1.29 is 14.3 Å². The van der Waals surface area contributed by atoms with Gasteiger partial charge in [-0.15, -0.1) is 11.8 Å². The highest BCUT2D eigenvalue weighted by Crippen LogP contribution is 2.26. The second-order valence-electron chi connectivity index (χ2n) is 5.18. The Bertz CT molecular complexity index is 931. The Morgan fingerprint density at radius 1 is 1.20 bits per heavy atom. The van der Waals surface area contributed by atoms with E-state index in [2.05, 4.69) is 9.97 Å². The molecule has 0 aliphatic rings. The van der Waals surface area contributed by atoms with Crippen LogP contribution >= 0.6 is 11.8 Å². The molecule has 0 unspecified atom stereocenters. The van der Waals surface area contributed by atoms with Crippen LogP contribution < -0.4 is 10.5 Å². The van der Waals surface area contributed by atoms with Crippen molar-refractivity contribution in [2.45, 2.75) is 11.5 Å². The summed E-state index contributed by atoms with van der Waals surface area (Å²) in [6.45, 7) is -0.0682. The van der Waals surface area contributed by atoms with Gasteiger partial charge < -0.3 is 15.2 Å². The van der Waals surface area contributed by atoms with E-state index in [1.54, 1.807) is 23.9 Å². The van der Waals surface area contributed by atoms with Crippen molar-refractivity contribution in [2.75, 3.05) is 19.1 Å². The number of nitrogen functional groups attached to an aromatic ring is 1. The summed E-state index contributed by atoms with van der Waals surface area (Å²) < 4.78 is 10.6. The van der Waals surface area contributed by atoms with E-state index in [-0.39, 0.29) is 6.61 Å². The number of thioether (sulfide) groups is 1.